The molecule has 25 heavy (non-hydrogen) atoms. The molecule has 0 aliphatic heterocycles. The maximum absolute atomic E-state index is 6.22. The van der Waals surface area contributed by atoms with Crippen LogP contribution in [0.3, 0.4) is 0 Å². The molecule has 4 rings (SSSR count). The second-order valence-corrected chi connectivity index (χ2v) is 7.16. The standard InChI is InChI=1S/C18H23N5OS/c1-3-24-10-14-21-15-16(23(14)11-18(8-9-18)22-25-2)12-6-4-5-7-13(12)20-17(15)19/h4-7,22H,3,8-11H2,1-2H3,(H2,19,20). The summed E-state index contributed by atoms with van der Waals surface area (Å²) in [5.41, 5.74) is 9.09. The molecule has 0 bridgehead atoms. The number of anilines is 1. The average molecular weight is 357 g/mol. The number of benzene rings is 1. The normalized spacial score (nSPS) is 15.9. The molecule has 1 aliphatic rings. The van der Waals surface area contributed by atoms with E-state index in [1.54, 1.807) is 11.9 Å². The van der Waals surface area contributed by atoms with Crippen LogP contribution in [0.15, 0.2) is 24.3 Å². The highest BCUT2D eigenvalue weighted by Crippen LogP contribution is 2.40. The van der Waals surface area contributed by atoms with Gasteiger partial charge in [-0.15, -0.1) is 0 Å². The molecule has 0 spiro atoms. The molecular weight excluding hydrogens is 334 g/mol. The van der Waals surface area contributed by atoms with Gasteiger partial charge < -0.3 is 15.0 Å². The minimum absolute atomic E-state index is 0.132. The van der Waals surface area contributed by atoms with Gasteiger partial charge in [-0.25, -0.2) is 9.97 Å². The van der Waals surface area contributed by atoms with Crippen LogP contribution in [-0.4, -0.2) is 32.9 Å². The van der Waals surface area contributed by atoms with E-state index in [9.17, 15) is 0 Å². The van der Waals surface area contributed by atoms with Crippen LogP contribution in [0.4, 0.5) is 5.82 Å². The lowest BCUT2D eigenvalue weighted by Gasteiger charge is -2.19. The van der Waals surface area contributed by atoms with Gasteiger partial charge in [-0.2, -0.15) is 0 Å². The molecule has 1 aromatic carbocycles. The van der Waals surface area contributed by atoms with E-state index in [4.69, 9.17) is 15.5 Å². The lowest BCUT2D eigenvalue weighted by atomic mass is 10.1. The lowest BCUT2D eigenvalue weighted by molar-refractivity contribution is 0.125. The monoisotopic (exact) mass is 357 g/mol. The Morgan fingerprint density at radius 1 is 1.32 bits per heavy atom. The van der Waals surface area contributed by atoms with E-state index in [-0.39, 0.29) is 5.54 Å². The molecular formula is C18H23N5OS. The average Bonchev–Trinajstić information content (AvgIpc) is 3.27. The van der Waals surface area contributed by atoms with Crippen molar-refractivity contribution in [3.8, 4) is 0 Å². The highest BCUT2D eigenvalue weighted by molar-refractivity contribution is 7.96. The number of nitrogens with zero attached hydrogens (tertiary/aromatic N) is 3. The van der Waals surface area contributed by atoms with Crippen LogP contribution < -0.4 is 10.5 Å². The molecule has 0 radical (unpaired) electrons. The third-order valence-electron chi connectivity index (χ3n) is 4.76. The van der Waals surface area contributed by atoms with Gasteiger partial charge in [0.25, 0.3) is 0 Å². The van der Waals surface area contributed by atoms with Gasteiger partial charge >= 0.3 is 0 Å². The summed E-state index contributed by atoms with van der Waals surface area (Å²) in [7, 11) is 0. The third-order valence-corrected chi connectivity index (χ3v) is 5.39. The predicted molar refractivity (Wildman–Crippen MR) is 103 cm³/mol. The molecule has 3 aromatic rings. The van der Waals surface area contributed by atoms with Gasteiger partial charge in [0.2, 0.25) is 0 Å². The second-order valence-electron chi connectivity index (χ2n) is 6.55. The van der Waals surface area contributed by atoms with Crippen LogP contribution in [0.25, 0.3) is 21.9 Å². The van der Waals surface area contributed by atoms with Crippen LogP contribution in [0.1, 0.15) is 25.6 Å². The van der Waals surface area contributed by atoms with E-state index >= 15 is 0 Å². The first-order valence-corrected chi connectivity index (χ1v) is 9.81. The lowest BCUT2D eigenvalue weighted by Crippen LogP contribution is -2.31. The van der Waals surface area contributed by atoms with Crippen molar-refractivity contribution in [3.05, 3.63) is 30.1 Å². The highest BCUT2D eigenvalue weighted by atomic mass is 32.2. The zero-order valence-electron chi connectivity index (χ0n) is 14.6. The van der Waals surface area contributed by atoms with Crippen molar-refractivity contribution >= 4 is 39.7 Å². The first-order chi connectivity index (χ1) is 12.2. The van der Waals surface area contributed by atoms with Crippen molar-refractivity contribution < 1.29 is 4.74 Å². The molecule has 0 saturated heterocycles. The summed E-state index contributed by atoms with van der Waals surface area (Å²) >= 11 is 1.68. The quantitative estimate of drug-likeness (QED) is 0.633. The molecule has 0 unspecified atom stereocenters. The maximum Gasteiger partial charge on any atom is 0.152 e. The molecule has 0 atom stereocenters. The van der Waals surface area contributed by atoms with Crippen molar-refractivity contribution in [3.63, 3.8) is 0 Å². The van der Waals surface area contributed by atoms with E-state index in [2.05, 4.69) is 26.6 Å². The number of fused-ring (bicyclic) bond motifs is 3. The van der Waals surface area contributed by atoms with Crippen molar-refractivity contribution in [2.45, 2.75) is 38.5 Å². The molecule has 0 amide bonds. The van der Waals surface area contributed by atoms with Gasteiger partial charge in [-0.05, 0) is 32.1 Å². The Balaban J connectivity index is 1.92. The van der Waals surface area contributed by atoms with E-state index in [0.717, 1.165) is 34.3 Å². The summed E-state index contributed by atoms with van der Waals surface area (Å²) in [4.78, 5) is 9.32. The van der Waals surface area contributed by atoms with Crippen LogP contribution in [-0.2, 0) is 17.9 Å². The van der Waals surface area contributed by atoms with Crippen molar-refractivity contribution in [1.29, 1.82) is 0 Å². The molecule has 2 heterocycles. The van der Waals surface area contributed by atoms with Crippen LogP contribution >= 0.6 is 11.9 Å². The summed E-state index contributed by atoms with van der Waals surface area (Å²) in [6.07, 6.45) is 4.41. The summed E-state index contributed by atoms with van der Waals surface area (Å²) < 4.78 is 11.5. The van der Waals surface area contributed by atoms with E-state index in [1.165, 1.54) is 12.8 Å². The first kappa shape index (κ1) is 16.6. The minimum Gasteiger partial charge on any atom is -0.382 e. The van der Waals surface area contributed by atoms with Crippen LogP contribution in [0, 0.1) is 0 Å². The maximum atomic E-state index is 6.22. The van der Waals surface area contributed by atoms with Gasteiger partial charge in [-0.3, -0.25) is 4.72 Å². The second kappa shape index (κ2) is 6.48. The number of nitrogens with two attached hydrogens (primary N) is 1. The number of imidazole rings is 1. The Bertz CT molecular complexity index is 919. The number of aromatic nitrogens is 3. The number of nitrogens with one attached hydrogen (secondary N) is 1. The fourth-order valence-electron chi connectivity index (χ4n) is 3.34. The fourth-order valence-corrected chi connectivity index (χ4v) is 4.04. The summed E-state index contributed by atoms with van der Waals surface area (Å²) in [6.45, 7) is 4.00. The van der Waals surface area contributed by atoms with Gasteiger partial charge in [0.1, 0.15) is 17.9 Å². The van der Waals surface area contributed by atoms with Crippen molar-refractivity contribution in [2.75, 3.05) is 18.6 Å². The zero-order valence-corrected chi connectivity index (χ0v) is 15.4. The molecule has 2 aromatic heterocycles. The van der Waals surface area contributed by atoms with E-state index in [1.807, 2.05) is 25.1 Å². The number of hydrogen-bond donors (Lipinski definition) is 2. The number of para-hydroxylation sites is 1. The van der Waals surface area contributed by atoms with E-state index < -0.39 is 0 Å². The van der Waals surface area contributed by atoms with Gasteiger partial charge in [0.05, 0.1) is 11.0 Å². The summed E-state index contributed by atoms with van der Waals surface area (Å²) in [5, 5.41) is 1.09. The number of nitrogen functional groups attached to an aromatic ring is 1. The molecule has 1 fully saturated rings. The van der Waals surface area contributed by atoms with Gasteiger partial charge in [0.15, 0.2) is 5.82 Å². The fraction of sp³-hybridized carbons (Fsp3) is 0.444. The minimum atomic E-state index is 0.132. The molecule has 7 heteroatoms. The van der Waals surface area contributed by atoms with Gasteiger partial charge in [-0.1, -0.05) is 30.1 Å². The Hall–Kier alpha value is -1.83. The largest absolute Gasteiger partial charge is 0.382 e. The number of hydrogen-bond acceptors (Lipinski definition) is 6. The Kier molecular flexibility index (Phi) is 4.31. The van der Waals surface area contributed by atoms with Crippen LogP contribution in [0.2, 0.25) is 0 Å². The summed E-state index contributed by atoms with van der Waals surface area (Å²) in [5.74, 6) is 1.39. The Labute approximate surface area is 151 Å². The number of rotatable bonds is 7. The molecule has 3 N–H and O–H groups in total. The molecule has 1 aliphatic carbocycles. The Morgan fingerprint density at radius 2 is 2.12 bits per heavy atom. The number of pyridine rings is 1. The first-order valence-electron chi connectivity index (χ1n) is 8.58. The SMILES string of the molecule is CCOCc1nc2c(N)nc3ccccc3c2n1CC1(NSC)CC1. The molecule has 132 valence electrons. The van der Waals surface area contributed by atoms with Crippen molar-refractivity contribution in [1.82, 2.24) is 19.3 Å². The van der Waals surface area contributed by atoms with Crippen LogP contribution in [0.5, 0.6) is 0 Å². The molecule has 1 saturated carbocycles. The smallest absolute Gasteiger partial charge is 0.152 e. The van der Waals surface area contributed by atoms with Crippen molar-refractivity contribution in [2.24, 2.45) is 0 Å². The van der Waals surface area contributed by atoms with E-state index in [0.29, 0.717) is 19.0 Å². The highest BCUT2D eigenvalue weighted by Gasteiger charge is 2.43. The summed E-state index contributed by atoms with van der Waals surface area (Å²) in [6, 6.07) is 8.11. The Morgan fingerprint density at radius 3 is 2.84 bits per heavy atom. The topological polar surface area (TPSA) is 78.0 Å². The van der Waals surface area contributed by atoms with Gasteiger partial charge in [0, 0.05) is 24.1 Å². The predicted octanol–water partition coefficient (Wildman–Crippen LogP) is 3.10. The zero-order chi connectivity index (χ0) is 17.4. The third kappa shape index (κ3) is 2.96. The molecule has 6 nitrogen and oxygen atoms in total. The number of ether oxygens (including phenoxy) is 1.